The van der Waals surface area contributed by atoms with Crippen LogP contribution in [-0.2, 0) is 6.42 Å². The van der Waals surface area contributed by atoms with E-state index in [1.165, 1.54) is 16.3 Å². The van der Waals surface area contributed by atoms with Crippen LogP contribution < -0.4 is 10.6 Å². The van der Waals surface area contributed by atoms with Gasteiger partial charge >= 0.3 is 6.03 Å². The molecule has 3 N–H and O–H groups in total. The van der Waals surface area contributed by atoms with Gasteiger partial charge in [0.05, 0.1) is 12.6 Å². The maximum atomic E-state index is 11.7. The minimum absolute atomic E-state index is 0.0345. The Bertz CT molecular complexity index is 589. The second-order valence-corrected chi connectivity index (χ2v) is 5.08. The zero-order valence-corrected chi connectivity index (χ0v) is 12.3. The molecular weight excluding hydrogens is 264 g/mol. The third kappa shape index (κ3) is 4.20. The lowest BCUT2D eigenvalue weighted by Gasteiger charge is -2.15. The summed E-state index contributed by atoms with van der Waals surface area (Å²) >= 11 is 0. The van der Waals surface area contributed by atoms with Crippen LogP contribution in [0.15, 0.2) is 42.5 Å². The second kappa shape index (κ2) is 7.64. The topological polar surface area (TPSA) is 61.4 Å². The van der Waals surface area contributed by atoms with Gasteiger partial charge in [-0.1, -0.05) is 49.4 Å². The van der Waals surface area contributed by atoms with Crippen LogP contribution in [-0.4, -0.2) is 30.3 Å². The highest BCUT2D eigenvalue weighted by Crippen LogP contribution is 2.18. The number of carbonyl (C=O) groups excluding carboxylic acids is 1. The van der Waals surface area contributed by atoms with Crippen LogP contribution in [0.5, 0.6) is 0 Å². The molecule has 2 aromatic carbocycles. The molecule has 0 aromatic heterocycles. The Balaban J connectivity index is 1.89. The largest absolute Gasteiger partial charge is 0.394 e. The van der Waals surface area contributed by atoms with E-state index in [2.05, 4.69) is 34.9 Å². The van der Waals surface area contributed by atoms with E-state index in [0.29, 0.717) is 13.0 Å². The molecular formula is C17H22N2O2. The second-order valence-electron chi connectivity index (χ2n) is 5.08. The molecule has 1 atom stereocenters. The van der Waals surface area contributed by atoms with Crippen molar-refractivity contribution in [2.24, 2.45) is 0 Å². The molecule has 21 heavy (non-hydrogen) atoms. The maximum Gasteiger partial charge on any atom is 0.315 e. The molecule has 0 spiro atoms. The predicted molar refractivity (Wildman–Crippen MR) is 85.4 cm³/mol. The van der Waals surface area contributed by atoms with E-state index in [-0.39, 0.29) is 18.7 Å². The summed E-state index contributed by atoms with van der Waals surface area (Å²) in [6, 6.07) is 14.1. The van der Waals surface area contributed by atoms with Crippen LogP contribution in [0.25, 0.3) is 10.8 Å². The quantitative estimate of drug-likeness (QED) is 0.764. The minimum atomic E-state index is -0.226. The fourth-order valence-corrected chi connectivity index (χ4v) is 2.33. The summed E-state index contributed by atoms with van der Waals surface area (Å²) in [5.41, 5.74) is 1.22. The molecule has 0 heterocycles. The van der Waals surface area contributed by atoms with E-state index in [4.69, 9.17) is 5.11 Å². The highest BCUT2D eigenvalue weighted by molar-refractivity contribution is 5.85. The molecule has 112 valence electrons. The number of nitrogens with one attached hydrogen (secondary N) is 2. The summed E-state index contributed by atoms with van der Waals surface area (Å²) in [4.78, 5) is 11.7. The van der Waals surface area contributed by atoms with Crippen molar-refractivity contribution in [2.45, 2.75) is 25.8 Å². The van der Waals surface area contributed by atoms with Crippen molar-refractivity contribution in [3.8, 4) is 0 Å². The van der Waals surface area contributed by atoms with Crippen LogP contribution in [0.4, 0.5) is 4.79 Å². The van der Waals surface area contributed by atoms with Gasteiger partial charge < -0.3 is 15.7 Å². The highest BCUT2D eigenvalue weighted by Gasteiger charge is 2.08. The standard InChI is InChI=1S/C17H22N2O2/c1-2-15(12-20)19-17(21)18-11-10-14-8-5-7-13-6-3-4-9-16(13)14/h3-9,15,20H,2,10-12H2,1H3,(H2,18,19,21). The molecule has 0 bridgehead atoms. The smallest absolute Gasteiger partial charge is 0.315 e. The third-order valence-electron chi connectivity index (χ3n) is 3.61. The van der Waals surface area contributed by atoms with Crippen molar-refractivity contribution in [3.63, 3.8) is 0 Å². The number of urea groups is 1. The van der Waals surface area contributed by atoms with Gasteiger partial charge in [0.25, 0.3) is 0 Å². The molecule has 0 saturated heterocycles. The van der Waals surface area contributed by atoms with Crippen molar-refractivity contribution in [1.82, 2.24) is 10.6 Å². The number of aliphatic hydroxyl groups excluding tert-OH is 1. The molecule has 0 saturated carbocycles. The number of rotatable bonds is 6. The predicted octanol–water partition coefficient (Wildman–Crippen LogP) is 2.45. The molecule has 2 rings (SSSR count). The molecule has 0 fully saturated rings. The highest BCUT2D eigenvalue weighted by atomic mass is 16.3. The van der Waals surface area contributed by atoms with Gasteiger partial charge in [-0.05, 0) is 29.2 Å². The van der Waals surface area contributed by atoms with Crippen molar-refractivity contribution in [3.05, 3.63) is 48.0 Å². The first-order valence-corrected chi connectivity index (χ1v) is 7.36. The van der Waals surface area contributed by atoms with Crippen molar-refractivity contribution >= 4 is 16.8 Å². The first kappa shape index (κ1) is 15.3. The number of benzene rings is 2. The summed E-state index contributed by atoms with van der Waals surface area (Å²) in [5.74, 6) is 0. The van der Waals surface area contributed by atoms with E-state index in [1.807, 2.05) is 25.1 Å². The lowest BCUT2D eigenvalue weighted by atomic mass is 10.0. The SMILES string of the molecule is CCC(CO)NC(=O)NCCc1cccc2ccccc12. The molecule has 4 heteroatoms. The van der Waals surface area contributed by atoms with E-state index >= 15 is 0 Å². The summed E-state index contributed by atoms with van der Waals surface area (Å²) in [6.45, 7) is 2.46. The van der Waals surface area contributed by atoms with Gasteiger partial charge in [0, 0.05) is 6.54 Å². The first-order valence-electron chi connectivity index (χ1n) is 7.36. The Labute approximate surface area is 125 Å². The number of hydrogen-bond donors (Lipinski definition) is 3. The third-order valence-corrected chi connectivity index (χ3v) is 3.61. The van der Waals surface area contributed by atoms with Crippen LogP contribution in [0, 0.1) is 0 Å². The van der Waals surface area contributed by atoms with Gasteiger partial charge in [0.15, 0.2) is 0 Å². The number of fused-ring (bicyclic) bond motifs is 1. The van der Waals surface area contributed by atoms with E-state index in [9.17, 15) is 4.79 Å². The van der Waals surface area contributed by atoms with Gasteiger partial charge in [-0.2, -0.15) is 0 Å². The van der Waals surface area contributed by atoms with Crippen LogP contribution in [0.2, 0.25) is 0 Å². The van der Waals surface area contributed by atoms with Gasteiger partial charge in [-0.25, -0.2) is 4.79 Å². The summed E-state index contributed by atoms with van der Waals surface area (Å²) < 4.78 is 0. The first-order chi connectivity index (χ1) is 10.2. The van der Waals surface area contributed by atoms with Crippen molar-refractivity contribution < 1.29 is 9.90 Å². The Morgan fingerprint density at radius 3 is 2.71 bits per heavy atom. The Kier molecular flexibility index (Phi) is 5.58. The Morgan fingerprint density at radius 2 is 1.95 bits per heavy atom. The Hall–Kier alpha value is -2.07. The molecule has 0 radical (unpaired) electrons. The number of carbonyl (C=O) groups is 1. The van der Waals surface area contributed by atoms with E-state index in [0.717, 1.165) is 6.42 Å². The zero-order chi connectivity index (χ0) is 15.1. The van der Waals surface area contributed by atoms with Gasteiger partial charge in [0.2, 0.25) is 0 Å². The minimum Gasteiger partial charge on any atom is -0.394 e. The van der Waals surface area contributed by atoms with Crippen LogP contribution in [0.3, 0.4) is 0 Å². The normalized spacial score (nSPS) is 12.1. The van der Waals surface area contributed by atoms with Crippen LogP contribution in [0.1, 0.15) is 18.9 Å². The molecule has 0 aliphatic rings. The van der Waals surface area contributed by atoms with Gasteiger partial charge in [0.1, 0.15) is 0 Å². The monoisotopic (exact) mass is 286 g/mol. The molecule has 1 unspecified atom stereocenters. The summed E-state index contributed by atoms with van der Waals surface area (Å²) in [7, 11) is 0. The van der Waals surface area contributed by atoms with Crippen LogP contribution >= 0.6 is 0 Å². The fraction of sp³-hybridized carbons (Fsp3) is 0.353. The number of aliphatic hydroxyl groups is 1. The maximum absolute atomic E-state index is 11.7. The van der Waals surface area contributed by atoms with Crippen molar-refractivity contribution in [1.29, 1.82) is 0 Å². The van der Waals surface area contributed by atoms with E-state index < -0.39 is 0 Å². The van der Waals surface area contributed by atoms with E-state index in [1.54, 1.807) is 0 Å². The number of amides is 2. The summed E-state index contributed by atoms with van der Waals surface area (Å²) in [5, 5.41) is 17.1. The average molecular weight is 286 g/mol. The molecule has 0 aliphatic carbocycles. The Morgan fingerprint density at radius 1 is 1.19 bits per heavy atom. The molecule has 2 aromatic rings. The molecule has 2 amide bonds. The van der Waals surface area contributed by atoms with Crippen molar-refractivity contribution in [2.75, 3.05) is 13.2 Å². The lowest BCUT2D eigenvalue weighted by molar-refractivity contribution is 0.214. The molecule has 0 aliphatic heterocycles. The average Bonchev–Trinajstić information content (AvgIpc) is 2.53. The lowest BCUT2D eigenvalue weighted by Crippen LogP contribution is -2.44. The van der Waals surface area contributed by atoms with Gasteiger partial charge in [-0.15, -0.1) is 0 Å². The fourth-order valence-electron chi connectivity index (χ4n) is 2.33. The zero-order valence-electron chi connectivity index (χ0n) is 12.3. The van der Waals surface area contributed by atoms with Gasteiger partial charge in [-0.3, -0.25) is 0 Å². The number of hydrogen-bond acceptors (Lipinski definition) is 2. The molecule has 4 nitrogen and oxygen atoms in total. The summed E-state index contributed by atoms with van der Waals surface area (Å²) in [6.07, 6.45) is 1.50.